The molecule has 1 aliphatic rings. The summed E-state index contributed by atoms with van der Waals surface area (Å²) >= 11 is 0. The molecule has 0 atom stereocenters. The molecule has 1 fully saturated rings. The second-order valence-corrected chi connectivity index (χ2v) is 8.45. The second kappa shape index (κ2) is 9.95. The zero-order valence-electron chi connectivity index (χ0n) is 18.4. The van der Waals surface area contributed by atoms with Gasteiger partial charge >= 0.3 is 0 Å². The Balaban J connectivity index is 1.98. The van der Waals surface area contributed by atoms with Crippen LogP contribution in [0.4, 0.5) is 5.88 Å². The minimum atomic E-state index is 0.172. The smallest absolute Gasteiger partial charge is 0.232 e. The molecule has 0 aliphatic heterocycles. The molecule has 5 heteroatoms. The molecule has 0 spiro atoms. The predicted octanol–water partition coefficient (Wildman–Crippen LogP) is 5.36. The third kappa shape index (κ3) is 5.01. The molecule has 5 nitrogen and oxygen atoms in total. The highest BCUT2D eigenvalue weighted by atomic mass is 16.5. The highest BCUT2D eigenvalue weighted by molar-refractivity contribution is 5.80. The molecular weight excluding hydrogens is 362 g/mol. The molecule has 1 aromatic carbocycles. The zero-order valence-corrected chi connectivity index (χ0v) is 18.4. The first-order valence-electron chi connectivity index (χ1n) is 11.1. The van der Waals surface area contributed by atoms with E-state index in [2.05, 4.69) is 49.9 Å². The van der Waals surface area contributed by atoms with Gasteiger partial charge in [-0.2, -0.15) is 0 Å². The number of benzene rings is 1. The highest BCUT2D eigenvalue weighted by Crippen LogP contribution is 2.34. The highest BCUT2D eigenvalue weighted by Gasteiger charge is 2.30. The number of carbonyl (C=O) groups excluding carboxylic acids is 1. The van der Waals surface area contributed by atoms with Crippen LogP contribution in [0.3, 0.4) is 0 Å². The molecule has 3 rings (SSSR count). The minimum Gasteiger partial charge on any atom is -0.341 e. The van der Waals surface area contributed by atoms with E-state index < -0.39 is 0 Å². The fourth-order valence-electron chi connectivity index (χ4n) is 4.32. The van der Waals surface area contributed by atoms with E-state index in [-0.39, 0.29) is 5.92 Å². The van der Waals surface area contributed by atoms with E-state index in [0.29, 0.717) is 18.4 Å². The predicted molar refractivity (Wildman–Crippen MR) is 118 cm³/mol. The van der Waals surface area contributed by atoms with Gasteiger partial charge in [-0.25, -0.2) is 0 Å². The van der Waals surface area contributed by atoms with Crippen molar-refractivity contribution in [3.05, 3.63) is 35.9 Å². The van der Waals surface area contributed by atoms with E-state index in [1.165, 1.54) is 12.8 Å². The van der Waals surface area contributed by atoms with Crippen LogP contribution in [0.25, 0.3) is 11.3 Å². The van der Waals surface area contributed by atoms with Gasteiger partial charge in [0.05, 0.1) is 12.1 Å². The topological polar surface area (TPSA) is 49.6 Å². The zero-order chi connectivity index (χ0) is 20.8. The number of anilines is 1. The number of aromatic nitrogens is 1. The van der Waals surface area contributed by atoms with Crippen molar-refractivity contribution in [2.75, 3.05) is 24.5 Å². The number of rotatable bonds is 9. The fraction of sp³-hybridized carbons (Fsp3) is 0.583. The van der Waals surface area contributed by atoms with Crippen molar-refractivity contribution in [1.82, 2.24) is 10.1 Å². The van der Waals surface area contributed by atoms with E-state index in [9.17, 15) is 4.79 Å². The largest absolute Gasteiger partial charge is 0.341 e. The van der Waals surface area contributed by atoms with Gasteiger partial charge in [0.1, 0.15) is 5.69 Å². The molecule has 0 unspecified atom stereocenters. The summed E-state index contributed by atoms with van der Waals surface area (Å²) in [5, 5.41) is 4.44. The van der Waals surface area contributed by atoms with Crippen molar-refractivity contribution in [3.63, 3.8) is 0 Å². The number of nitrogens with zero attached hydrogens (tertiary/aromatic N) is 3. The Hall–Kier alpha value is -2.30. The Kier molecular flexibility index (Phi) is 7.34. The second-order valence-electron chi connectivity index (χ2n) is 8.45. The van der Waals surface area contributed by atoms with Gasteiger partial charge in [0.15, 0.2) is 0 Å². The van der Waals surface area contributed by atoms with Crippen LogP contribution in [0.15, 0.2) is 34.9 Å². The molecule has 0 saturated heterocycles. The van der Waals surface area contributed by atoms with Crippen molar-refractivity contribution in [3.8, 4) is 11.3 Å². The van der Waals surface area contributed by atoms with Gasteiger partial charge < -0.3 is 14.3 Å². The SMILES string of the molecule is CCN(CC)c1onc(-c2ccccc2)c1CN(CC(C)C)C(=O)C1CCCC1. The maximum Gasteiger partial charge on any atom is 0.232 e. The molecule has 1 aliphatic carbocycles. The fourth-order valence-corrected chi connectivity index (χ4v) is 4.32. The Morgan fingerprint density at radius 1 is 1.14 bits per heavy atom. The van der Waals surface area contributed by atoms with Crippen LogP contribution in [0.5, 0.6) is 0 Å². The van der Waals surface area contributed by atoms with Gasteiger partial charge in [0.2, 0.25) is 11.8 Å². The summed E-state index contributed by atoms with van der Waals surface area (Å²) < 4.78 is 5.84. The third-order valence-electron chi connectivity index (χ3n) is 5.82. The van der Waals surface area contributed by atoms with E-state index >= 15 is 0 Å². The van der Waals surface area contributed by atoms with Crippen molar-refractivity contribution >= 4 is 11.8 Å². The monoisotopic (exact) mass is 397 g/mol. The lowest BCUT2D eigenvalue weighted by Crippen LogP contribution is -2.38. The number of carbonyl (C=O) groups is 1. The summed E-state index contributed by atoms with van der Waals surface area (Å²) in [5.41, 5.74) is 2.90. The summed E-state index contributed by atoms with van der Waals surface area (Å²) in [5.74, 6) is 1.67. The maximum absolute atomic E-state index is 13.3. The number of amides is 1. The normalized spacial score (nSPS) is 14.5. The summed E-state index contributed by atoms with van der Waals surface area (Å²) in [4.78, 5) is 17.6. The van der Waals surface area contributed by atoms with Gasteiger partial charge in [-0.1, -0.05) is 62.2 Å². The molecular formula is C24H35N3O2. The molecule has 1 saturated carbocycles. The molecule has 1 aromatic heterocycles. The van der Waals surface area contributed by atoms with Crippen molar-refractivity contribution < 1.29 is 9.32 Å². The number of hydrogen-bond donors (Lipinski definition) is 0. The van der Waals surface area contributed by atoms with E-state index in [0.717, 1.165) is 55.2 Å². The molecule has 29 heavy (non-hydrogen) atoms. The molecule has 1 heterocycles. The van der Waals surface area contributed by atoms with Crippen molar-refractivity contribution in [2.24, 2.45) is 11.8 Å². The van der Waals surface area contributed by atoms with Crippen LogP contribution >= 0.6 is 0 Å². The lowest BCUT2D eigenvalue weighted by atomic mass is 10.0. The van der Waals surface area contributed by atoms with E-state index in [4.69, 9.17) is 4.52 Å². The maximum atomic E-state index is 13.3. The van der Waals surface area contributed by atoms with Gasteiger partial charge in [0, 0.05) is 31.1 Å². The molecule has 0 N–H and O–H groups in total. The Bertz CT molecular complexity index is 775. The van der Waals surface area contributed by atoms with Crippen LogP contribution in [0.2, 0.25) is 0 Å². The first kappa shape index (κ1) is 21.4. The molecule has 0 bridgehead atoms. The van der Waals surface area contributed by atoms with Crippen molar-refractivity contribution in [2.45, 2.75) is 59.9 Å². The van der Waals surface area contributed by atoms with Gasteiger partial charge in [-0.15, -0.1) is 0 Å². The molecule has 0 radical (unpaired) electrons. The van der Waals surface area contributed by atoms with E-state index in [1.807, 2.05) is 23.1 Å². The summed E-state index contributed by atoms with van der Waals surface area (Å²) in [6.45, 7) is 11.6. The molecule has 1 amide bonds. The van der Waals surface area contributed by atoms with Crippen molar-refractivity contribution in [1.29, 1.82) is 0 Å². The van der Waals surface area contributed by atoms with Gasteiger partial charge in [-0.3, -0.25) is 4.79 Å². The van der Waals surface area contributed by atoms with E-state index in [1.54, 1.807) is 0 Å². The first-order valence-corrected chi connectivity index (χ1v) is 11.1. The summed E-state index contributed by atoms with van der Waals surface area (Å²) in [6, 6.07) is 10.1. The number of hydrogen-bond acceptors (Lipinski definition) is 4. The quantitative estimate of drug-likeness (QED) is 0.571. The minimum absolute atomic E-state index is 0.172. The van der Waals surface area contributed by atoms with Crippen LogP contribution < -0.4 is 4.90 Å². The Labute approximate surface area is 175 Å². The lowest BCUT2D eigenvalue weighted by molar-refractivity contribution is -0.136. The van der Waals surface area contributed by atoms with Crippen LogP contribution in [-0.4, -0.2) is 35.6 Å². The lowest BCUT2D eigenvalue weighted by Gasteiger charge is -2.28. The molecule has 158 valence electrons. The van der Waals surface area contributed by atoms with Crippen LogP contribution in [0.1, 0.15) is 58.9 Å². The molecule has 2 aromatic rings. The average Bonchev–Trinajstić information content (AvgIpc) is 3.39. The summed E-state index contributed by atoms with van der Waals surface area (Å²) in [6.07, 6.45) is 4.37. The van der Waals surface area contributed by atoms with Crippen LogP contribution in [0, 0.1) is 11.8 Å². The van der Waals surface area contributed by atoms with Crippen LogP contribution in [-0.2, 0) is 11.3 Å². The first-order chi connectivity index (χ1) is 14.0. The Morgan fingerprint density at radius 2 is 1.79 bits per heavy atom. The standard InChI is InChI=1S/C24H35N3O2/c1-5-26(6-2)24-21(22(25-29-24)19-12-8-7-9-13-19)17-27(16-18(3)4)23(28)20-14-10-11-15-20/h7-9,12-13,18,20H,5-6,10-11,14-17H2,1-4H3. The van der Waals surface area contributed by atoms with Gasteiger partial charge in [-0.05, 0) is 32.6 Å². The van der Waals surface area contributed by atoms with Gasteiger partial charge in [0.25, 0.3) is 0 Å². The third-order valence-corrected chi connectivity index (χ3v) is 5.82. The Morgan fingerprint density at radius 3 is 2.38 bits per heavy atom. The summed E-state index contributed by atoms with van der Waals surface area (Å²) in [7, 11) is 0. The average molecular weight is 398 g/mol.